The summed E-state index contributed by atoms with van der Waals surface area (Å²) in [5.41, 5.74) is 2.24. The highest BCUT2D eigenvalue weighted by molar-refractivity contribution is 9.09. The van der Waals surface area contributed by atoms with Crippen LogP contribution in [-0.4, -0.2) is 16.2 Å². The number of nitrogens with one attached hydrogen (secondary N) is 2. The van der Waals surface area contributed by atoms with Gasteiger partial charge in [-0.05, 0) is 31.0 Å². The molecule has 0 radical (unpaired) electrons. The van der Waals surface area contributed by atoms with Gasteiger partial charge in [-0.2, -0.15) is 0 Å². The number of aryl methyl sites for hydroxylation is 1. The molecule has 2 rings (SSSR count). The molecule has 0 unspecified atom stereocenters. The van der Waals surface area contributed by atoms with E-state index in [0.717, 1.165) is 28.2 Å². The highest BCUT2D eigenvalue weighted by Crippen LogP contribution is 2.19. The van der Waals surface area contributed by atoms with E-state index in [1.54, 1.807) is 12.1 Å². The van der Waals surface area contributed by atoms with Crippen LogP contribution in [0.3, 0.4) is 0 Å². The fourth-order valence-electron chi connectivity index (χ4n) is 1.96. The SMILES string of the molecule is Cc1cc(=O)[nH]c2cc(NC(=O)CCCBr)ccc12. The quantitative estimate of drug-likeness (QED) is 0.850. The number of H-pyrrole nitrogens is 1. The number of aromatic nitrogens is 1. The predicted octanol–water partition coefficient (Wildman–Crippen LogP) is 2.95. The molecule has 0 fully saturated rings. The van der Waals surface area contributed by atoms with Crippen molar-refractivity contribution in [3.05, 3.63) is 40.2 Å². The van der Waals surface area contributed by atoms with Crippen molar-refractivity contribution >= 4 is 38.4 Å². The number of alkyl halides is 1. The Kier molecular flexibility index (Phi) is 4.37. The zero-order chi connectivity index (χ0) is 13.8. The average Bonchev–Trinajstić information content (AvgIpc) is 2.35. The van der Waals surface area contributed by atoms with E-state index in [-0.39, 0.29) is 11.5 Å². The molecule has 1 aromatic carbocycles. The number of pyridine rings is 1. The number of rotatable bonds is 4. The Balaban J connectivity index is 2.26. The van der Waals surface area contributed by atoms with Gasteiger partial charge in [0, 0.05) is 28.9 Å². The number of carbonyl (C=O) groups excluding carboxylic acids is 1. The van der Waals surface area contributed by atoms with Gasteiger partial charge >= 0.3 is 0 Å². The van der Waals surface area contributed by atoms with E-state index in [9.17, 15) is 9.59 Å². The van der Waals surface area contributed by atoms with Crippen molar-refractivity contribution in [2.24, 2.45) is 0 Å². The van der Waals surface area contributed by atoms with E-state index in [0.29, 0.717) is 12.1 Å². The number of anilines is 1. The third-order valence-electron chi connectivity index (χ3n) is 2.87. The van der Waals surface area contributed by atoms with E-state index in [1.807, 2.05) is 19.1 Å². The van der Waals surface area contributed by atoms with Crippen LogP contribution < -0.4 is 10.9 Å². The molecule has 0 saturated heterocycles. The second-order valence-electron chi connectivity index (χ2n) is 4.42. The highest BCUT2D eigenvalue weighted by Gasteiger charge is 2.04. The van der Waals surface area contributed by atoms with Crippen molar-refractivity contribution in [3.8, 4) is 0 Å². The monoisotopic (exact) mass is 322 g/mol. The van der Waals surface area contributed by atoms with Crippen molar-refractivity contribution in [1.29, 1.82) is 0 Å². The van der Waals surface area contributed by atoms with Gasteiger partial charge in [0.2, 0.25) is 11.5 Å². The van der Waals surface area contributed by atoms with Gasteiger partial charge in [0.15, 0.2) is 0 Å². The third kappa shape index (κ3) is 3.44. The summed E-state index contributed by atoms with van der Waals surface area (Å²) in [6.45, 7) is 1.89. The molecule has 0 aliphatic heterocycles. The molecule has 2 aromatic rings. The molecule has 0 atom stereocenters. The van der Waals surface area contributed by atoms with Gasteiger partial charge in [-0.3, -0.25) is 9.59 Å². The molecule has 2 N–H and O–H groups in total. The van der Waals surface area contributed by atoms with Crippen molar-refractivity contribution in [1.82, 2.24) is 4.98 Å². The van der Waals surface area contributed by atoms with E-state index in [1.165, 1.54) is 0 Å². The molecule has 0 saturated carbocycles. The van der Waals surface area contributed by atoms with Crippen molar-refractivity contribution in [2.45, 2.75) is 19.8 Å². The summed E-state index contributed by atoms with van der Waals surface area (Å²) >= 11 is 3.29. The molecule has 0 aliphatic rings. The Morgan fingerprint density at radius 3 is 2.89 bits per heavy atom. The number of carbonyl (C=O) groups is 1. The summed E-state index contributed by atoms with van der Waals surface area (Å²) in [5, 5.41) is 4.62. The lowest BCUT2D eigenvalue weighted by atomic mass is 10.1. The van der Waals surface area contributed by atoms with Crippen LogP contribution in [-0.2, 0) is 4.79 Å². The normalized spacial score (nSPS) is 10.6. The lowest BCUT2D eigenvalue weighted by Crippen LogP contribution is -2.11. The van der Waals surface area contributed by atoms with Crippen molar-refractivity contribution in [2.75, 3.05) is 10.6 Å². The summed E-state index contributed by atoms with van der Waals surface area (Å²) in [6.07, 6.45) is 1.28. The van der Waals surface area contributed by atoms with Crippen LogP contribution in [0.15, 0.2) is 29.1 Å². The Morgan fingerprint density at radius 2 is 2.16 bits per heavy atom. The number of hydrogen-bond donors (Lipinski definition) is 2. The molecule has 0 bridgehead atoms. The number of aromatic amines is 1. The van der Waals surface area contributed by atoms with Crippen molar-refractivity contribution in [3.63, 3.8) is 0 Å². The Labute approximate surface area is 119 Å². The van der Waals surface area contributed by atoms with Crippen molar-refractivity contribution < 1.29 is 4.79 Å². The van der Waals surface area contributed by atoms with E-state index in [2.05, 4.69) is 26.2 Å². The first-order valence-corrected chi connectivity index (χ1v) is 7.22. The zero-order valence-corrected chi connectivity index (χ0v) is 12.2. The van der Waals surface area contributed by atoms with Gasteiger partial charge in [0.25, 0.3) is 0 Å². The first-order valence-electron chi connectivity index (χ1n) is 6.09. The fraction of sp³-hybridized carbons (Fsp3) is 0.286. The fourth-order valence-corrected chi connectivity index (χ4v) is 2.24. The molecule has 4 nitrogen and oxygen atoms in total. The Bertz CT molecular complexity index is 664. The number of hydrogen-bond acceptors (Lipinski definition) is 2. The molecule has 100 valence electrons. The minimum absolute atomic E-state index is 0.0196. The number of amides is 1. The summed E-state index contributed by atoms with van der Waals surface area (Å²) in [6, 6.07) is 7.10. The summed E-state index contributed by atoms with van der Waals surface area (Å²) in [7, 11) is 0. The molecule has 5 heteroatoms. The first-order chi connectivity index (χ1) is 9.10. The van der Waals surface area contributed by atoms with Crippen LogP contribution in [0.2, 0.25) is 0 Å². The molecular weight excluding hydrogens is 308 g/mol. The molecule has 1 aromatic heterocycles. The van der Waals surface area contributed by atoms with Gasteiger partial charge in [-0.1, -0.05) is 22.0 Å². The van der Waals surface area contributed by atoms with Crippen LogP contribution >= 0.6 is 15.9 Å². The number of halogens is 1. The standard InChI is InChI=1S/C14H15BrN2O2/c1-9-7-14(19)17-12-8-10(4-5-11(9)12)16-13(18)3-2-6-15/h4-5,7-8H,2-3,6H2,1H3,(H,16,18)(H,17,19). The van der Waals surface area contributed by atoms with Crippen LogP contribution in [0.4, 0.5) is 5.69 Å². The summed E-state index contributed by atoms with van der Waals surface area (Å²) in [4.78, 5) is 25.8. The number of fused-ring (bicyclic) bond motifs is 1. The van der Waals surface area contributed by atoms with Gasteiger partial charge in [-0.15, -0.1) is 0 Å². The van der Waals surface area contributed by atoms with Gasteiger partial charge in [0.1, 0.15) is 0 Å². The van der Waals surface area contributed by atoms with Crippen LogP contribution in [0.25, 0.3) is 10.9 Å². The smallest absolute Gasteiger partial charge is 0.248 e. The zero-order valence-electron chi connectivity index (χ0n) is 10.6. The lowest BCUT2D eigenvalue weighted by molar-refractivity contribution is -0.116. The lowest BCUT2D eigenvalue weighted by Gasteiger charge is -2.07. The van der Waals surface area contributed by atoms with Crippen LogP contribution in [0, 0.1) is 6.92 Å². The molecule has 0 spiro atoms. The maximum atomic E-state index is 11.6. The summed E-state index contributed by atoms with van der Waals surface area (Å²) in [5.74, 6) is -0.0196. The third-order valence-corrected chi connectivity index (χ3v) is 3.43. The Morgan fingerprint density at radius 1 is 1.37 bits per heavy atom. The first kappa shape index (κ1) is 13.8. The maximum Gasteiger partial charge on any atom is 0.248 e. The average molecular weight is 323 g/mol. The second-order valence-corrected chi connectivity index (χ2v) is 5.21. The minimum atomic E-state index is -0.132. The van der Waals surface area contributed by atoms with Gasteiger partial charge in [-0.25, -0.2) is 0 Å². The Hall–Kier alpha value is -1.62. The van der Waals surface area contributed by atoms with E-state index < -0.39 is 0 Å². The minimum Gasteiger partial charge on any atom is -0.326 e. The van der Waals surface area contributed by atoms with Gasteiger partial charge in [0.05, 0.1) is 5.52 Å². The second kappa shape index (κ2) is 6.02. The predicted molar refractivity (Wildman–Crippen MR) is 81.0 cm³/mol. The largest absolute Gasteiger partial charge is 0.326 e. The van der Waals surface area contributed by atoms with E-state index >= 15 is 0 Å². The van der Waals surface area contributed by atoms with E-state index in [4.69, 9.17) is 0 Å². The number of benzene rings is 1. The summed E-state index contributed by atoms with van der Waals surface area (Å²) < 4.78 is 0. The topological polar surface area (TPSA) is 62.0 Å². The molecule has 1 amide bonds. The maximum absolute atomic E-state index is 11.6. The highest BCUT2D eigenvalue weighted by atomic mass is 79.9. The van der Waals surface area contributed by atoms with Gasteiger partial charge < -0.3 is 10.3 Å². The van der Waals surface area contributed by atoms with Crippen LogP contribution in [0.5, 0.6) is 0 Å². The molecular formula is C14H15BrN2O2. The van der Waals surface area contributed by atoms with Crippen LogP contribution in [0.1, 0.15) is 18.4 Å². The molecule has 0 aliphatic carbocycles. The molecule has 19 heavy (non-hydrogen) atoms. The molecule has 1 heterocycles.